The van der Waals surface area contributed by atoms with Crippen molar-refractivity contribution in [2.45, 2.75) is 19.9 Å². The third kappa shape index (κ3) is 3.24. The van der Waals surface area contributed by atoms with Crippen molar-refractivity contribution in [3.05, 3.63) is 57.4 Å². The topological polar surface area (TPSA) is 60.4 Å². The van der Waals surface area contributed by atoms with E-state index in [9.17, 15) is 10.1 Å². The lowest BCUT2D eigenvalue weighted by Crippen LogP contribution is -1.95. The Morgan fingerprint density at radius 1 is 1.40 bits per heavy atom. The van der Waals surface area contributed by atoms with E-state index < -0.39 is 4.92 Å². The molecule has 0 amide bonds. The third-order valence-electron chi connectivity index (χ3n) is 2.82. The highest BCUT2D eigenvalue weighted by Gasteiger charge is 2.12. The van der Waals surface area contributed by atoms with Gasteiger partial charge in [0.25, 0.3) is 5.69 Å². The maximum atomic E-state index is 10.8. The minimum atomic E-state index is -0.517. The van der Waals surface area contributed by atoms with Crippen LogP contribution in [-0.2, 0) is 0 Å². The Bertz CT molecular complexity index is 662. The average Bonchev–Trinajstić information content (AvgIpc) is 2.86. The molecule has 1 heterocycles. The number of hydrogen-bond acceptors (Lipinski definition) is 3. The first-order valence-electron chi connectivity index (χ1n) is 6.13. The molecule has 20 heavy (non-hydrogen) atoms. The van der Waals surface area contributed by atoms with Gasteiger partial charge >= 0.3 is 0 Å². The lowest BCUT2D eigenvalue weighted by atomic mass is 10.3. The van der Waals surface area contributed by atoms with E-state index in [2.05, 4.69) is 23.4 Å². The molecule has 0 bridgehead atoms. The highest BCUT2D eigenvalue weighted by Crippen LogP contribution is 2.28. The number of nitro benzene ring substituents is 1. The lowest BCUT2D eigenvalue weighted by Gasteiger charge is -2.04. The van der Waals surface area contributed by atoms with Gasteiger partial charge in [-0.3, -0.25) is 15.1 Å². The summed E-state index contributed by atoms with van der Waals surface area (Å²) in [5.74, 6) is 0. The summed E-state index contributed by atoms with van der Waals surface area (Å²) in [7, 11) is 0. The van der Waals surface area contributed by atoms with E-state index in [1.807, 2.05) is 18.5 Å². The number of rotatable bonds is 4. The van der Waals surface area contributed by atoms with Gasteiger partial charge in [0.15, 0.2) is 0 Å². The zero-order valence-electron chi connectivity index (χ0n) is 11.2. The van der Waals surface area contributed by atoms with Crippen LogP contribution in [0.3, 0.4) is 0 Å². The summed E-state index contributed by atoms with van der Waals surface area (Å²) < 4.78 is 2.06. The first kappa shape index (κ1) is 14.3. The molecule has 0 N–H and O–H groups in total. The van der Waals surface area contributed by atoms with Crippen LogP contribution in [0.15, 0.2) is 41.7 Å². The van der Waals surface area contributed by atoms with E-state index in [0.717, 1.165) is 5.56 Å². The van der Waals surface area contributed by atoms with E-state index in [-0.39, 0.29) is 10.7 Å². The molecule has 0 unspecified atom stereocenters. The van der Waals surface area contributed by atoms with Gasteiger partial charge in [0.1, 0.15) is 5.02 Å². The SMILES string of the molecule is CC(C)n1ccc(C=Nc2ccc(Cl)c([N+](=O)[O-])c2)c1. The molecule has 0 saturated heterocycles. The number of halogens is 1. The van der Waals surface area contributed by atoms with Crippen LogP contribution in [0.2, 0.25) is 5.02 Å². The van der Waals surface area contributed by atoms with Gasteiger partial charge in [-0.25, -0.2) is 0 Å². The molecule has 6 heteroatoms. The summed E-state index contributed by atoms with van der Waals surface area (Å²) in [6, 6.07) is 6.80. The van der Waals surface area contributed by atoms with Crippen LogP contribution >= 0.6 is 11.6 Å². The standard InChI is InChI=1S/C14H14ClN3O2/c1-10(2)17-6-5-11(9-17)8-16-12-3-4-13(15)14(7-12)18(19)20/h3-10H,1-2H3. The van der Waals surface area contributed by atoms with Crippen molar-refractivity contribution < 1.29 is 4.92 Å². The van der Waals surface area contributed by atoms with Gasteiger partial charge in [-0.1, -0.05) is 11.6 Å². The molecule has 0 radical (unpaired) electrons. The second-order valence-corrected chi connectivity index (χ2v) is 5.04. The minimum Gasteiger partial charge on any atom is -0.351 e. The first-order chi connectivity index (χ1) is 9.47. The van der Waals surface area contributed by atoms with Crippen molar-refractivity contribution in [1.82, 2.24) is 4.57 Å². The second-order valence-electron chi connectivity index (χ2n) is 4.64. The molecule has 0 atom stereocenters. The monoisotopic (exact) mass is 291 g/mol. The van der Waals surface area contributed by atoms with Crippen LogP contribution in [-0.4, -0.2) is 15.7 Å². The van der Waals surface area contributed by atoms with E-state index in [1.165, 1.54) is 12.1 Å². The number of nitrogens with zero attached hydrogens (tertiary/aromatic N) is 3. The third-order valence-corrected chi connectivity index (χ3v) is 3.14. The van der Waals surface area contributed by atoms with Gasteiger partial charge in [0, 0.05) is 36.3 Å². The summed E-state index contributed by atoms with van der Waals surface area (Å²) in [5, 5.41) is 10.9. The minimum absolute atomic E-state index is 0.111. The van der Waals surface area contributed by atoms with Crippen molar-refractivity contribution in [2.75, 3.05) is 0 Å². The van der Waals surface area contributed by atoms with E-state index in [4.69, 9.17) is 11.6 Å². The molecule has 0 aliphatic carbocycles. The molecule has 2 rings (SSSR count). The summed E-state index contributed by atoms with van der Waals surface area (Å²) in [6.45, 7) is 4.17. The summed E-state index contributed by atoms with van der Waals surface area (Å²) in [4.78, 5) is 14.5. The molecule has 0 fully saturated rings. The van der Waals surface area contributed by atoms with Crippen molar-refractivity contribution in [3.63, 3.8) is 0 Å². The number of benzene rings is 1. The van der Waals surface area contributed by atoms with Crippen molar-refractivity contribution in [3.8, 4) is 0 Å². The largest absolute Gasteiger partial charge is 0.351 e. The molecule has 0 aliphatic heterocycles. The average molecular weight is 292 g/mol. The van der Waals surface area contributed by atoms with Crippen molar-refractivity contribution in [2.24, 2.45) is 4.99 Å². The molecule has 5 nitrogen and oxygen atoms in total. The van der Waals surface area contributed by atoms with Crippen molar-refractivity contribution in [1.29, 1.82) is 0 Å². The fourth-order valence-electron chi connectivity index (χ4n) is 1.70. The summed E-state index contributed by atoms with van der Waals surface area (Å²) in [6.07, 6.45) is 5.61. The molecule has 1 aromatic heterocycles. The smallest absolute Gasteiger partial charge is 0.290 e. The van der Waals surface area contributed by atoms with Crippen LogP contribution in [0.5, 0.6) is 0 Å². The van der Waals surface area contributed by atoms with Gasteiger partial charge < -0.3 is 4.57 Å². The fraction of sp³-hybridized carbons (Fsp3) is 0.214. The zero-order valence-corrected chi connectivity index (χ0v) is 11.9. The van der Waals surface area contributed by atoms with Crippen molar-refractivity contribution >= 4 is 29.2 Å². The van der Waals surface area contributed by atoms with Crippen LogP contribution < -0.4 is 0 Å². The lowest BCUT2D eigenvalue weighted by molar-refractivity contribution is -0.384. The molecule has 0 saturated carbocycles. The Morgan fingerprint density at radius 3 is 2.75 bits per heavy atom. The Labute approximate surface area is 121 Å². The van der Waals surface area contributed by atoms with Crippen LogP contribution in [0.1, 0.15) is 25.5 Å². The van der Waals surface area contributed by atoms with Crippen LogP contribution in [0.4, 0.5) is 11.4 Å². The highest BCUT2D eigenvalue weighted by atomic mass is 35.5. The van der Waals surface area contributed by atoms with Gasteiger partial charge in [0.05, 0.1) is 10.6 Å². The predicted octanol–water partition coefficient (Wildman–Crippen LogP) is 4.38. The molecule has 104 valence electrons. The maximum absolute atomic E-state index is 10.8. The molecule has 0 aliphatic rings. The van der Waals surface area contributed by atoms with Gasteiger partial charge in [-0.2, -0.15) is 0 Å². The summed E-state index contributed by atoms with van der Waals surface area (Å²) >= 11 is 5.75. The van der Waals surface area contributed by atoms with E-state index in [1.54, 1.807) is 12.3 Å². The Kier molecular flexibility index (Phi) is 4.20. The van der Waals surface area contributed by atoms with E-state index >= 15 is 0 Å². The molecular weight excluding hydrogens is 278 g/mol. The molecule has 0 spiro atoms. The Balaban J connectivity index is 2.22. The van der Waals surface area contributed by atoms with Gasteiger partial charge in [0.2, 0.25) is 0 Å². The second kappa shape index (κ2) is 5.88. The molecule has 2 aromatic rings. The summed E-state index contributed by atoms with van der Waals surface area (Å²) in [5.41, 5.74) is 1.30. The van der Waals surface area contributed by atoms with Gasteiger partial charge in [-0.05, 0) is 32.0 Å². The van der Waals surface area contributed by atoms with Crippen LogP contribution in [0, 0.1) is 10.1 Å². The van der Waals surface area contributed by atoms with E-state index in [0.29, 0.717) is 11.7 Å². The number of aliphatic imine (C=N–C) groups is 1. The maximum Gasteiger partial charge on any atom is 0.290 e. The fourth-order valence-corrected chi connectivity index (χ4v) is 1.88. The number of nitro groups is 1. The zero-order chi connectivity index (χ0) is 14.7. The van der Waals surface area contributed by atoms with Crippen LogP contribution in [0.25, 0.3) is 0 Å². The number of aromatic nitrogens is 1. The Hall–Kier alpha value is -2.14. The predicted molar refractivity (Wildman–Crippen MR) is 80.2 cm³/mol. The highest BCUT2D eigenvalue weighted by molar-refractivity contribution is 6.32. The normalized spacial score (nSPS) is 11.4. The van der Waals surface area contributed by atoms with Gasteiger partial charge in [-0.15, -0.1) is 0 Å². The molecular formula is C14H14ClN3O2. The quantitative estimate of drug-likeness (QED) is 0.477. The number of hydrogen-bond donors (Lipinski definition) is 0. The molecule has 1 aromatic carbocycles. The first-order valence-corrected chi connectivity index (χ1v) is 6.50. The Morgan fingerprint density at radius 2 is 2.15 bits per heavy atom.